The van der Waals surface area contributed by atoms with E-state index in [-0.39, 0.29) is 23.7 Å². The molecule has 0 saturated heterocycles. The smallest absolute Gasteiger partial charge is 0.0661 e. The molecule has 78 valence electrons. The highest BCUT2D eigenvalue weighted by atomic mass is 16.5. The highest BCUT2D eigenvalue weighted by molar-refractivity contribution is 5.13. The van der Waals surface area contributed by atoms with Crippen LogP contribution in [0.4, 0.5) is 0 Å². The van der Waals surface area contributed by atoms with E-state index in [1.54, 1.807) is 0 Å². The molecule has 1 rings (SSSR count). The Bertz CT molecular complexity index is 182. The first-order chi connectivity index (χ1) is 5.98. The van der Waals surface area contributed by atoms with Gasteiger partial charge in [0.15, 0.2) is 0 Å². The van der Waals surface area contributed by atoms with Gasteiger partial charge in [0.05, 0.1) is 6.10 Å². The number of aliphatic hydroxyl groups excluding tert-OH is 1. The second-order valence-corrected chi connectivity index (χ2v) is 4.50. The van der Waals surface area contributed by atoms with E-state index >= 15 is 0 Å². The van der Waals surface area contributed by atoms with Crippen molar-refractivity contribution in [3.8, 4) is 0 Å². The van der Waals surface area contributed by atoms with Gasteiger partial charge >= 0.3 is 0 Å². The van der Waals surface area contributed by atoms with Crippen LogP contribution in [0.2, 0.25) is 0 Å². The molecule has 1 fully saturated rings. The highest BCUT2D eigenvalue weighted by Gasteiger charge is 2.57. The molecule has 2 atom stereocenters. The summed E-state index contributed by atoms with van der Waals surface area (Å²) in [5, 5.41) is 8.89. The quantitative estimate of drug-likeness (QED) is 0.687. The first kappa shape index (κ1) is 11.0. The fourth-order valence-electron chi connectivity index (χ4n) is 2.13. The third kappa shape index (κ3) is 1.60. The molecule has 0 bridgehead atoms. The summed E-state index contributed by atoms with van der Waals surface area (Å²) < 4.78 is 5.57. The Kier molecular flexibility index (Phi) is 3.00. The third-order valence-electron chi connectivity index (χ3n) is 3.56. The minimum atomic E-state index is -0.235. The fourth-order valence-corrected chi connectivity index (χ4v) is 2.13. The van der Waals surface area contributed by atoms with E-state index in [4.69, 9.17) is 15.6 Å². The Morgan fingerprint density at radius 3 is 2.54 bits per heavy atom. The largest absolute Gasteiger partial charge is 0.396 e. The zero-order valence-corrected chi connectivity index (χ0v) is 8.84. The summed E-state index contributed by atoms with van der Waals surface area (Å²) in [5.74, 6) is 0. The second kappa shape index (κ2) is 3.56. The molecule has 0 spiro atoms. The number of aliphatic hydroxyl groups is 1. The molecular weight excluding hydrogens is 166 g/mol. The Labute approximate surface area is 80.3 Å². The monoisotopic (exact) mass is 187 g/mol. The number of ether oxygens (including phenoxy) is 1. The maximum absolute atomic E-state index is 8.89. The standard InChI is InChI=1S/C10H21NO2/c1-4-13-8-7-10(11,5-6-12)9(8,2)3/h8,12H,4-7,11H2,1-3H3. The van der Waals surface area contributed by atoms with Gasteiger partial charge in [-0.1, -0.05) is 13.8 Å². The van der Waals surface area contributed by atoms with Crippen LogP contribution >= 0.6 is 0 Å². The van der Waals surface area contributed by atoms with Crippen molar-refractivity contribution in [2.24, 2.45) is 11.1 Å². The van der Waals surface area contributed by atoms with E-state index in [1.165, 1.54) is 0 Å². The molecule has 3 heteroatoms. The maximum Gasteiger partial charge on any atom is 0.0661 e. The summed E-state index contributed by atoms with van der Waals surface area (Å²) in [4.78, 5) is 0. The Morgan fingerprint density at radius 2 is 2.15 bits per heavy atom. The average Bonchev–Trinajstić information content (AvgIpc) is 2.04. The van der Waals surface area contributed by atoms with Crippen LogP contribution in [0.15, 0.2) is 0 Å². The van der Waals surface area contributed by atoms with Crippen molar-refractivity contribution in [2.75, 3.05) is 13.2 Å². The van der Waals surface area contributed by atoms with Gasteiger partial charge in [0, 0.05) is 24.2 Å². The summed E-state index contributed by atoms with van der Waals surface area (Å²) in [5.41, 5.74) is 5.93. The number of nitrogens with two attached hydrogens (primary N) is 1. The molecule has 1 aliphatic carbocycles. The van der Waals surface area contributed by atoms with Gasteiger partial charge in [-0.3, -0.25) is 0 Å². The van der Waals surface area contributed by atoms with Crippen LogP contribution in [0.5, 0.6) is 0 Å². The van der Waals surface area contributed by atoms with Crippen molar-refractivity contribution >= 4 is 0 Å². The SMILES string of the molecule is CCOC1CC(N)(CCO)C1(C)C. The Morgan fingerprint density at radius 1 is 1.54 bits per heavy atom. The maximum atomic E-state index is 8.89. The fraction of sp³-hybridized carbons (Fsp3) is 1.00. The van der Waals surface area contributed by atoms with E-state index in [2.05, 4.69) is 13.8 Å². The lowest BCUT2D eigenvalue weighted by atomic mass is 9.53. The molecule has 3 nitrogen and oxygen atoms in total. The van der Waals surface area contributed by atoms with Crippen molar-refractivity contribution < 1.29 is 9.84 Å². The Hall–Kier alpha value is -0.120. The number of hydrogen-bond acceptors (Lipinski definition) is 3. The number of hydrogen-bond donors (Lipinski definition) is 2. The van der Waals surface area contributed by atoms with Crippen LogP contribution in [0.1, 0.15) is 33.6 Å². The van der Waals surface area contributed by atoms with Gasteiger partial charge in [-0.25, -0.2) is 0 Å². The Balaban J connectivity index is 2.56. The molecule has 3 N–H and O–H groups in total. The van der Waals surface area contributed by atoms with Gasteiger partial charge in [0.1, 0.15) is 0 Å². The summed E-state index contributed by atoms with van der Waals surface area (Å²) in [7, 11) is 0. The predicted molar refractivity (Wildman–Crippen MR) is 52.4 cm³/mol. The summed E-state index contributed by atoms with van der Waals surface area (Å²) in [6.07, 6.45) is 1.80. The van der Waals surface area contributed by atoms with Crippen LogP contribution in [0.25, 0.3) is 0 Å². The topological polar surface area (TPSA) is 55.5 Å². The van der Waals surface area contributed by atoms with E-state index in [0.29, 0.717) is 6.42 Å². The summed E-state index contributed by atoms with van der Waals surface area (Å²) >= 11 is 0. The van der Waals surface area contributed by atoms with Crippen molar-refractivity contribution in [2.45, 2.75) is 45.3 Å². The first-order valence-electron chi connectivity index (χ1n) is 4.99. The van der Waals surface area contributed by atoms with E-state index in [1.807, 2.05) is 6.92 Å². The summed E-state index contributed by atoms with van der Waals surface area (Å²) in [6.45, 7) is 7.14. The van der Waals surface area contributed by atoms with Gasteiger partial charge < -0.3 is 15.6 Å². The van der Waals surface area contributed by atoms with Crippen LogP contribution in [-0.2, 0) is 4.74 Å². The van der Waals surface area contributed by atoms with E-state index in [9.17, 15) is 0 Å². The molecule has 0 aromatic rings. The van der Waals surface area contributed by atoms with Crippen LogP contribution < -0.4 is 5.73 Å². The lowest BCUT2D eigenvalue weighted by molar-refractivity contribution is -0.154. The van der Waals surface area contributed by atoms with Crippen molar-refractivity contribution in [3.63, 3.8) is 0 Å². The minimum Gasteiger partial charge on any atom is -0.396 e. The normalized spacial score (nSPS) is 37.2. The van der Waals surface area contributed by atoms with E-state index < -0.39 is 0 Å². The van der Waals surface area contributed by atoms with Gasteiger partial charge in [-0.05, 0) is 19.8 Å². The molecular formula is C10H21NO2. The molecule has 0 amide bonds. The van der Waals surface area contributed by atoms with Crippen molar-refractivity contribution in [1.29, 1.82) is 0 Å². The molecule has 0 heterocycles. The van der Waals surface area contributed by atoms with Gasteiger partial charge in [0.2, 0.25) is 0 Å². The highest BCUT2D eigenvalue weighted by Crippen LogP contribution is 2.51. The molecule has 13 heavy (non-hydrogen) atoms. The lowest BCUT2D eigenvalue weighted by Gasteiger charge is -2.59. The minimum absolute atomic E-state index is 0.00819. The van der Waals surface area contributed by atoms with Crippen LogP contribution in [0.3, 0.4) is 0 Å². The molecule has 0 radical (unpaired) electrons. The summed E-state index contributed by atoms with van der Waals surface area (Å²) in [6, 6.07) is 0. The zero-order valence-electron chi connectivity index (χ0n) is 8.84. The van der Waals surface area contributed by atoms with E-state index in [0.717, 1.165) is 13.0 Å². The molecule has 0 aromatic carbocycles. The lowest BCUT2D eigenvalue weighted by Crippen LogP contribution is -2.70. The van der Waals surface area contributed by atoms with Crippen molar-refractivity contribution in [1.82, 2.24) is 0 Å². The predicted octanol–water partition coefficient (Wildman–Crippen LogP) is 0.901. The van der Waals surface area contributed by atoms with Crippen LogP contribution in [0, 0.1) is 5.41 Å². The van der Waals surface area contributed by atoms with Gasteiger partial charge in [-0.15, -0.1) is 0 Å². The molecule has 0 aromatic heterocycles. The third-order valence-corrected chi connectivity index (χ3v) is 3.56. The molecule has 1 saturated carbocycles. The molecule has 2 unspecified atom stereocenters. The number of rotatable bonds is 4. The zero-order chi connectivity index (χ0) is 10.1. The van der Waals surface area contributed by atoms with Crippen LogP contribution in [-0.4, -0.2) is 30.0 Å². The van der Waals surface area contributed by atoms with Crippen molar-refractivity contribution in [3.05, 3.63) is 0 Å². The average molecular weight is 187 g/mol. The van der Waals surface area contributed by atoms with Gasteiger partial charge in [0.25, 0.3) is 0 Å². The molecule has 0 aliphatic heterocycles. The first-order valence-corrected chi connectivity index (χ1v) is 4.99. The second-order valence-electron chi connectivity index (χ2n) is 4.50. The van der Waals surface area contributed by atoms with Gasteiger partial charge in [-0.2, -0.15) is 0 Å². The molecule has 1 aliphatic rings.